The predicted molar refractivity (Wildman–Crippen MR) is 118 cm³/mol. The molecule has 0 aliphatic carbocycles. The van der Waals surface area contributed by atoms with Crippen LogP contribution in [0.25, 0.3) is 5.57 Å². The second kappa shape index (κ2) is 12.2. The topological polar surface area (TPSA) is 71.2 Å². The molecule has 0 saturated heterocycles. The zero-order chi connectivity index (χ0) is 21.1. The lowest BCUT2D eigenvalue weighted by Crippen LogP contribution is -2.16. The van der Waals surface area contributed by atoms with E-state index in [1.165, 1.54) is 5.56 Å². The molecule has 0 aliphatic heterocycles. The van der Waals surface area contributed by atoms with Gasteiger partial charge in [-0.1, -0.05) is 41.9 Å². The number of H-pyrrole nitrogens is 1. The molecule has 0 unspecified atom stereocenters. The van der Waals surface area contributed by atoms with Gasteiger partial charge in [0.05, 0.1) is 0 Å². The Bertz CT molecular complexity index is 872. The number of allylic oxidation sites excluding steroid dienone is 1. The number of ether oxygens (including phenoxy) is 1. The monoisotopic (exact) mass is 416 g/mol. The molecular weight excluding hydrogens is 388 g/mol. The first-order chi connectivity index (χ1) is 14.0. The Hall–Kier alpha value is -2.37. The minimum atomic E-state index is -0.310. The van der Waals surface area contributed by atoms with Crippen molar-refractivity contribution in [2.24, 2.45) is 0 Å². The highest BCUT2D eigenvalue weighted by Crippen LogP contribution is 2.24. The number of rotatable bonds is 11. The van der Waals surface area contributed by atoms with Crippen LogP contribution in [0.2, 0.25) is 5.02 Å². The zero-order valence-electron chi connectivity index (χ0n) is 17.1. The van der Waals surface area contributed by atoms with Crippen molar-refractivity contribution in [3.8, 4) is 0 Å². The SMILES string of the molecule is CNC(=O)CCC/C=C(\c1ccc(CCCCOC)cc1)c1ccc(Cl)c(=O)[nH]1. The molecule has 0 bridgehead atoms. The van der Waals surface area contributed by atoms with E-state index in [-0.39, 0.29) is 16.5 Å². The number of hydrogen-bond donors (Lipinski definition) is 2. The van der Waals surface area contributed by atoms with Gasteiger partial charge in [0.25, 0.3) is 5.56 Å². The standard InChI is InChI=1S/C23H29ClN2O3/c1-25-22(27)9-4-3-8-19(21-15-14-20(24)23(28)26-21)18-12-10-17(11-13-18)7-5-6-16-29-2/h8,10-15H,3-7,9,16H2,1-2H3,(H,25,27)(H,26,28)/b19-8+. The number of aryl methyl sites for hydroxylation is 1. The number of unbranched alkanes of at least 4 members (excludes halogenated alkanes) is 2. The summed E-state index contributed by atoms with van der Waals surface area (Å²) in [7, 11) is 3.36. The van der Waals surface area contributed by atoms with Gasteiger partial charge in [0, 0.05) is 38.5 Å². The smallest absolute Gasteiger partial charge is 0.267 e. The third-order valence-electron chi connectivity index (χ3n) is 4.72. The highest BCUT2D eigenvalue weighted by atomic mass is 35.5. The normalized spacial score (nSPS) is 11.5. The van der Waals surface area contributed by atoms with E-state index in [1.807, 2.05) is 6.07 Å². The largest absolute Gasteiger partial charge is 0.385 e. The first-order valence-electron chi connectivity index (χ1n) is 9.93. The van der Waals surface area contributed by atoms with E-state index in [0.29, 0.717) is 12.1 Å². The second-order valence-electron chi connectivity index (χ2n) is 6.88. The maximum Gasteiger partial charge on any atom is 0.267 e. The quantitative estimate of drug-likeness (QED) is 0.535. The van der Waals surface area contributed by atoms with E-state index in [0.717, 1.165) is 49.8 Å². The van der Waals surface area contributed by atoms with Crippen molar-refractivity contribution >= 4 is 23.1 Å². The van der Waals surface area contributed by atoms with Crippen molar-refractivity contribution in [2.75, 3.05) is 20.8 Å². The maximum absolute atomic E-state index is 12.0. The van der Waals surface area contributed by atoms with Gasteiger partial charge in [0.1, 0.15) is 5.02 Å². The molecule has 0 aliphatic rings. The van der Waals surface area contributed by atoms with Crippen LogP contribution >= 0.6 is 11.6 Å². The van der Waals surface area contributed by atoms with Gasteiger partial charge in [0.15, 0.2) is 0 Å². The van der Waals surface area contributed by atoms with Gasteiger partial charge < -0.3 is 15.0 Å². The molecule has 1 heterocycles. The number of amides is 1. The van der Waals surface area contributed by atoms with Crippen LogP contribution in [0.4, 0.5) is 0 Å². The molecule has 6 heteroatoms. The molecule has 2 N–H and O–H groups in total. The molecule has 1 aromatic heterocycles. The molecule has 0 spiro atoms. The molecule has 0 saturated carbocycles. The van der Waals surface area contributed by atoms with Crippen molar-refractivity contribution in [3.63, 3.8) is 0 Å². The van der Waals surface area contributed by atoms with Crippen LogP contribution in [0.15, 0.2) is 47.3 Å². The zero-order valence-corrected chi connectivity index (χ0v) is 17.8. The maximum atomic E-state index is 12.0. The lowest BCUT2D eigenvalue weighted by molar-refractivity contribution is -0.120. The third kappa shape index (κ3) is 7.52. The van der Waals surface area contributed by atoms with E-state index in [1.54, 1.807) is 20.2 Å². The number of aromatic amines is 1. The highest BCUT2D eigenvalue weighted by molar-refractivity contribution is 6.30. The van der Waals surface area contributed by atoms with Gasteiger partial charge in [-0.15, -0.1) is 0 Å². The average molecular weight is 417 g/mol. The molecule has 1 amide bonds. The number of carbonyl (C=O) groups is 1. The van der Waals surface area contributed by atoms with Gasteiger partial charge in [-0.05, 0) is 55.4 Å². The number of pyridine rings is 1. The van der Waals surface area contributed by atoms with E-state index < -0.39 is 0 Å². The number of hydrogen-bond acceptors (Lipinski definition) is 3. The Morgan fingerprint density at radius 3 is 2.55 bits per heavy atom. The predicted octanol–water partition coefficient (Wildman–Crippen LogP) is 4.35. The fourth-order valence-corrected chi connectivity index (χ4v) is 3.17. The molecule has 29 heavy (non-hydrogen) atoms. The van der Waals surface area contributed by atoms with Gasteiger partial charge in [0.2, 0.25) is 5.91 Å². The molecular formula is C23H29ClN2O3. The van der Waals surface area contributed by atoms with Gasteiger partial charge >= 0.3 is 0 Å². The van der Waals surface area contributed by atoms with Gasteiger partial charge in [-0.3, -0.25) is 9.59 Å². The Morgan fingerprint density at radius 2 is 1.90 bits per heavy atom. The molecule has 5 nitrogen and oxygen atoms in total. The highest BCUT2D eigenvalue weighted by Gasteiger charge is 2.08. The summed E-state index contributed by atoms with van der Waals surface area (Å²) in [4.78, 5) is 26.3. The number of methoxy groups -OCH3 is 1. The number of nitrogens with one attached hydrogen (secondary N) is 2. The number of benzene rings is 1. The molecule has 2 aromatic rings. The van der Waals surface area contributed by atoms with Crippen molar-refractivity contribution < 1.29 is 9.53 Å². The van der Waals surface area contributed by atoms with Crippen LogP contribution in [0, 0.1) is 0 Å². The van der Waals surface area contributed by atoms with Crippen molar-refractivity contribution in [3.05, 3.63) is 74.7 Å². The fourth-order valence-electron chi connectivity index (χ4n) is 3.06. The van der Waals surface area contributed by atoms with E-state index in [9.17, 15) is 9.59 Å². The Balaban J connectivity index is 2.18. The molecule has 1 aromatic carbocycles. The molecule has 0 radical (unpaired) electrons. The summed E-state index contributed by atoms with van der Waals surface area (Å²) in [6.07, 6.45) is 7.13. The summed E-state index contributed by atoms with van der Waals surface area (Å²) >= 11 is 5.88. The molecule has 0 atom stereocenters. The van der Waals surface area contributed by atoms with E-state index >= 15 is 0 Å². The van der Waals surface area contributed by atoms with E-state index in [2.05, 4.69) is 40.6 Å². The molecule has 156 valence electrons. The minimum Gasteiger partial charge on any atom is -0.385 e. The molecule has 2 rings (SSSR count). The first-order valence-corrected chi connectivity index (χ1v) is 10.3. The summed E-state index contributed by atoms with van der Waals surface area (Å²) in [5, 5.41) is 2.80. The molecule has 0 fully saturated rings. The Morgan fingerprint density at radius 1 is 1.14 bits per heavy atom. The van der Waals surface area contributed by atoms with Crippen LogP contribution in [0.5, 0.6) is 0 Å². The summed E-state index contributed by atoms with van der Waals surface area (Å²) in [6.45, 7) is 0.783. The van der Waals surface area contributed by atoms with Gasteiger partial charge in [-0.25, -0.2) is 0 Å². The number of aromatic nitrogens is 1. The van der Waals surface area contributed by atoms with Crippen LogP contribution in [0.3, 0.4) is 0 Å². The van der Waals surface area contributed by atoms with Crippen molar-refractivity contribution in [1.82, 2.24) is 10.3 Å². The average Bonchev–Trinajstić information content (AvgIpc) is 2.74. The van der Waals surface area contributed by atoms with Crippen molar-refractivity contribution in [2.45, 2.75) is 38.5 Å². The van der Waals surface area contributed by atoms with Crippen LogP contribution < -0.4 is 10.9 Å². The fraction of sp³-hybridized carbons (Fsp3) is 0.391. The Labute approximate surface area is 177 Å². The third-order valence-corrected chi connectivity index (χ3v) is 5.01. The number of carbonyl (C=O) groups excluding carboxylic acids is 1. The number of halogens is 1. The van der Waals surface area contributed by atoms with Crippen molar-refractivity contribution in [1.29, 1.82) is 0 Å². The summed E-state index contributed by atoms with van der Waals surface area (Å²) in [5.74, 6) is 0.0256. The van der Waals surface area contributed by atoms with Crippen LogP contribution in [-0.4, -0.2) is 31.7 Å². The summed E-state index contributed by atoms with van der Waals surface area (Å²) in [5.41, 5.74) is 3.63. The van der Waals surface area contributed by atoms with E-state index in [4.69, 9.17) is 16.3 Å². The summed E-state index contributed by atoms with van der Waals surface area (Å²) in [6, 6.07) is 11.8. The Kier molecular flexibility index (Phi) is 9.68. The minimum absolute atomic E-state index is 0.0256. The van der Waals surface area contributed by atoms with Crippen LogP contribution in [-0.2, 0) is 16.0 Å². The van der Waals surface area contributed by atoms with Crippen LogP contribution in [0.1, 0.15) is 48.9 Å². The summed E-state index contributed by atoms with van der Waals surface area (Å²) < 4.78 is 5.10. The lowest BCUT2D eigenvalue weighted by Gasteiger charge is -2.10. The van der Waals surface area contributed by atoms with Gasteiger partial charge in [-0.2, -0.15) is 0 Å². The lowest BCUT2D eigenvalue weighted by atomic mass is 9.97. The first kappa shape index (κ1) is 22.9. The second-order valence-corrected chi connectivity index (χ2v) is 7.29.